The van der Waals surface area contributed by atoms with E-state index < -0.39 is 0 Å². The van der Waals surface area contributed by atoms with Crippen LogP contribution < -0.4 is 4.90 Å². The molecule has 134 valence electrons. The van der Waals surface area contributed by atoms with Gasteiger partial charge in [0.1, 0.15) is 0 Å². The van der Waals surface area contributed by atoms with Gasteiger partial charge in [-0.15, -0.1) is 0 Å². The topological polar surface area (TPSA) is 32.7 Å². The molecule has 0 aliphatic carbocycles. The summed E-state index contributed by atoms with van der Waals surface area (Å²) in [5.74, 6) is 0.0847. The second kappa shape index (κ2) is 7.80. The molecule has 0 spiro atoms. The Morgan fingerprint density at radius 3 is 2.19 bits per heavy atom. The summed E-state index contributed by atoms with van der Waals surface area (Å²) < 4.78 is 0. The maximum atomic E-state index is 13.2. The van der Waals surface area contributed by atoms with Crippen molar-refractivity contribution in [3.8, 4) is 0 Å². The minimum atomic E-state index is -0.171. The number of aliphatic imine (C=N–C) groups is 1. The van der Waals surface area contributed by atoms with Crippen molar-refractivity contribution in [3.63, 3.8) is 0 Å². The van der Waals surface area contributed by atoms with Crippen molar-refractivity contribution in [2.24, 2.45) is 4.99 Å². The highest BCUT2D eigenvalue weighted by Crippen LogP contribution is 2.35. The summed E-state index contributed by atoms with van der Waals surface area (Å²) in [5.41, 5.74) is 4.10. The zero-order chi connectivity index (χ0) is 18.6. The van der Waals surface area contributed by atoms with Gasteiger partial charge in [-0.1, -0.05) is 78.0 Å². The first-order valence-electron chi connectivity index (χ1n) is 8.96. The van der Waals surface area contributed by atoms with Gasteiger partial charge in [0.15, 0.2) is 5.17 Å². The number of benzene rings is 3. The lowest BCUT2D eigenvalue weighted by atomic mass is 10.1. The number of anilines is 1. The first-order chi connectivity index (χ1) is 13.2. The van der Waals surface area contributed by atoms with E-state index in [-0.39, 0.29) is 11.2 Å². The van der Waals surface area contributed by atoms with Crippen LogP contribution in [0.5, 0.6) is 0 Å². The van der Waals surface area contributed by atoms with Crippen molar-refractivity contribution in [2.75, 3.05) is 4.90 Å². The summed E-state index contributed by atoms with van der Waals surface area (Å²) >= 11 is 1.54. The molecule has 1 aliphatic heterocycles. The number of para-hydroxylation sites is 2. The normalized spacial score (nSPS) is 18.3. The van der Waals surface area contributed by atoms with Gasteiger partial charge >= 0.3 is 0 Å². The average molecular weight is 372 g/mol. The van der Waals surface area contributed by atoms with Crippen molar-refractivity contribution in [3.05, 3.63) is 96.1 Å². The average Bonchev–Trinajstić information content (AvgIpc) is 3.00. The smallest absolute Gasteiger partial charge is 0.247 e. The van der Waals surface area contributed by atoms with Gasteiger partial charge in [0, 0.05) is 0 Å². The highest BCUT2D eigenvalue weighted by atomic mass is 32.2. The van der Waals surface area contributed by atoms with Crippen molar-refractivity contribution in [2.45, 2.75) is 18.6 Å². The van der Waals surface area contributed by atoms with Gasteiger partial charge in [0.2, 0.25) is 5.91 Å². The van der Waals surface area contributed by atoms with E-state index in [0.717, 1.165) is 16.5 Å². The second-order valence-electron chi connectivity index (χ2n) is 6.54. The lowest BCUT2D eigenvalue weighted by Crippen LogP contribution is -2.32. The molecule has 3 aromatic carbocycles. The predicted octanol–water partition coefficient (Wildman–Crippen LogP) is 5.37. The van der Waals surface area contributed by atoms with Crippen molar-refractivity contribution in [1.82, 2.24) is 0 Å². The van der Waals surface area contributed by atoms with E-state index in [9.17, 15) is 4.79 Å². The maximum absolute atomic E-state index is 13.2. The number of amides is 1. The van der Waals surface area contributed by atoms with Crippen LogP contribution in [0.25, 0.3) is 0 Å². The van der Waals surface area contributed by atoms with Crippen LogP contribution in [-0.4, -0.2) is 16.3 Å². The molecule has 1 saturated heterocycles. The minimum absolute atomic E-state index is 0.0847. The Labute approximate surface area is 163 Å². The van der Waals surface area contributed by atoms with Crippen LogP contribution >= 0.6 is 11.8 Å². The van der Waals surface area contributed by atoms with Crippen LogP contribution in [0.2, 0.25) is 0 Å². The molecule has 0 bridgehead atoms. The zero-order valence-electron chi connectivity index (χ0n) is 15.1. The summed E-state index contributed by atoms with van der Waals surface area (Å²) in [5, 5.41) is 0.560. The predicted molar refractivity (Wildman–Crippen MR) is 114 cm³/mol. The van der Waals surface area contributed by atoms with Gasteiger partial charge in [-0.2, -0.15) is 0 Å². The standard InChI is InChI=1S/C23H20N2OS/c1-17-12-14-18(15-13-17)16-21-22(26)25(20-10-6-3-7-11-20)23(27-21)24-19-8-4-2-5-9-19/h2-15,21H,16H2,1H3. The van der Waals surface area contributed by atoms with Gasteiger partial charge in [-0.25, -0.2) is 4.99 Å². The summed E-state index contributed by atoms with van der Waals surface area (Å²) in [7, 11) is 0. The molecule has 4 rings (SSSR count). The van der Waals surface area contributed by atoms with Crippen molar-refractivity contribution >= 4 is 34.2 Å². The SMILES string of the molecule is Cc1ccc(CC2SC(=Nc3ccccc3)N(c3ccccc3)C2=O)cc1. The molecule has 0 N–H and O–H groups in total. The Morgan fingerprint density at radius 1 is 0.889 bits per heavy atom. The van der Waals surface area contributed by atoms with Gasteiger partial charge in [0.25, 0.3) is 0 Å². The highest BCUT2D eigenvalue weighted by Gasteiger charge is 2.38. The number of rotatable bonds is 4. The Hall–Kier alpha value is -2.85. The number of thioether (sulfide) groups is 1. The molecule has 4 heteroatoms. The second-order valence-corrected chi connectivity index (χ2v) is 7.71. The first-order valence-corrected chi connectivity index (χ1v) is 9.83. The third-order valence-electron chi connectivity index (χ3n) is 4.47. The fourth-order valence-electron chi connectivity index (χ4n) is 3.04. The van der Waals surface area contributed by atoms with Gasteiger partial charge in [-0.3, -0.25) is 9.69 Å². The van der Waals surface area contributed by atoms with E-state index in [1.165, 1.54) is 11.1 Å². The van der Waals surface area contributed by atoms with Crippen molar-refractivity contribution in [1.29, 1.82) is 0 Å². The number of carbonyl (C=O) groups is 1. The number of hydrogen-bond acceptors (Lipinski definition) is 3. The number of nitrogens with zero attached hydrogens (tertiary/aromatic N) is 2. The Kier molecular flexibility index (Phi) is 5.07. The molecule has 0 saturated carbocycles. The zero-order valence-corrected chi connectivity index (χ0v) is 15.9. The molecule has 1 atom stereocenters. The first kappa shape index (κ1) is 17.6. The third-order valence-corrected chi connectivity index (χ3v) is 5.61. The van der Waals surface area contributed by atoms with Crippen LogP contribution in [0, 0.1) is 6.92 Å². The molecule has 27 heavy (non-hydrogen) atoms. The number of hydrogen-bond donors (Lipinski definition) is 0. The van der Waals surface area contributed by atoms with Crippen LogP contribution in [0.15, 0.2) is 89.9 Å². The third kappa shape index (κ3) is 3.96. The summed E-state index contributed by atoms with van der Waals surface area (Å²) in [6.07, 6.45) is 0.695. The molecule has 1 aliphatic rings. The van der Waals surface area contributed by atoms with E-state index in [0.29, 0.717) is 6.42 Å². The van der Waals surface area contributed by atoms with E-state index in [1.807, 2.05) is 60.7 Å². The Balaban J connectivity index is 1.67. The van der Waals surface area contributed by atoms with E-state index in [4.69, 9.17) is 4.99 Å². The van der Waals surface area contributed by atoms with E-state index >= 15 is 0 Å². The Bertz CT molecular complexity index is 953. The maximum Gasteiger partial charge on any atom is 0.247 e. The number of amidine groups is 1. The molecule has 3 nitrogen and oxygen atoms in total. The molecule has 3 aromatic rings. The van der Waals surface area contributed by atoms with Crippen molar-refractivity contribution < 1.29 is 4.79 Å². The van der Waals surface area contributed by atoms with Crippen LogP contribution in [0.1, 0.15) is 11.1 Å². The molecule has 1 amide bonds. The monoisotopic (exact) mass is 372 g/mol. The van der Waals surface area contributed by atoms with Crippen LogP contribution in [-0.2, 0) is 11.2 Å². The summed E-state index contributed by atoms with van der Waals surface area (Å²) in [4.78, 5) is 19.7. The van der Waals surface area contributed by atoms with Gasteiger partial charge < -0.3 is 0 Å². The summed E-state index contributed by atoms with van der Waals surface area (Å²) in [6.45, 7) is 2.07. The lowest BCUT2D eigenvalue weighted by Gasteiger charge is -2.16. The Morgan fingerprint density at radius 2 is 1.52 bits per heavy atom. The number of aryl methyl sites for hydroxylation is 1. The highest BCUT2D eigenvalue weighted by molar-refractivity contribution is 8.16. The molecule has 0 radical (unpaired) electrons. The molecule has 1 heterocycles. The molecule has 1 fully saturated rings. The fraction of sp³-hybridized carbons (Fsp3) is 0.130. The van der Waals surface area contributed by atoms with Crippen LogP contribution in [0.3, 0.4) is 0 Å². The number of carbonyl (C=O) groups excluding carboxylic acids is 1. The molecule has 1 unspecified atom stereocenters. The van der Waals surface area contributed by atoms with Crippen LogP contribution in [0.4, 0.5) is 11.4 Å². The van der Waals surface area contributed by atoms with Gasteiger partial charge in [-0.05, 0) is 43.2 Å². The molecular formula is C23H20N2OS. The largest absolute Gasteiger partial charge is 0.273 e. The molecule has 0 aromatic heterocycles. The van der Waals surface area contributed by atoms with Gasteiger partial charge in [0.05, 0.1) is 16.6 Å². The minimum Gasteiger partial charge on any atom is -0.273 e. The lowest BCUT2D eigenvalue weighted by molar-refractivity contribution is -0.116. The molecular weight excluding hydrogens is 352 g/mol. The van der Waals surface area contributed by atoms with E-state index in [1.54, 1.807) is 16.7 Å². The summed E-state index contributed by atoms with van der Waals surface area (Å²) in [6, 6.07) is 27.9. The fourth-order valence-corrected chi connectivity index (χ4v) is 4.24. The van der Waals surface area contributed by atoms with E-state index in [2.05, 4.69) is 31.2 Å². The quantitative estimate of drug-likeness (QED) is 0.616.